The standard InChI is InChI=1S/C19H13N3O3/c23-19(24)14-10-11-16(18-17(14)21-25-22-18)20-15-9-5-4-8-13(15)12-6-2-1-3-7-12/h1-11,20H,(H,23,24)/p-1. The molecule has 0 amide bonds. The average Bonchev–Trinajstić information content (AvgIpc) is 3.13. The summed E-state index contributed by atoms with van der Waals surface area (Å²) in [5, 5.41) is 22.0. The minimum Gasteiger partial charge on any atom is -0.545 e. The van der Waals surface area contributed by atoms with E-state index in [2.05, 4.69) is 15.6 Å². The number of fused-ring (bicyclic) bond motifs is 1. The lowest BCUT2D eigenvalue weighted by Gasteiger charge is -2.13. The molecule has 6 nitrogen and oxygen atoms in total. The van der Waals surface area contributed by atoms with Crippen molar-refractivity contribution in [2.45, 2.75) is 0 Å². The van der Waals surface area contributed by atoms with E-state index in [1.807, 2.05) is 54.6 Å². The Bertz CT molecular complexity index is 1060. The molecule has 0 bridgehead atoms. The molecule has 1 heterocycles. The molecule has 25 heavy (non-hydrogen) atoms. The highest BCUT2D eigenvalue weighted by molar-refractivity contribution is 6.04. The fourth-order valence-electron chi connectivity index (χ4n) is 2.74. The van der Waals surface area contributed by atoms with Crippen LogP contribution in [0.5, 0.6) is 0 Å². The van der Waals surface area contributed by atoms with Crippen LogP contribution < -0.4 is 10.4 Å². The number of carbonyl (C=O) groups is 1. The molecule has 122 valence electrons. The van der Waals surface area contributed by atoms with Crippen LogP contribution in [0.25, 0.3) is 22.2 Å². The van der Waals surface area contributed by atoms with Gasteiger partial charge in [0.2, 0.25) is 0 Å². The third kappa shape index (κ3) is 2.70. The molecule has 0 aliphatic heterocycles. The Morgan fingerprint density at radius 2 is 1.56 bits per heavy atom. The molecular formula is C19H12N3O3-. The first-order valence-electron chi connectivity index (χ1n) is 7.62. The van der Waals surface area contributed by atoms with Crippen LogP contribution in [0.1, 0.15) is 10.4 Å². The Balaban J connectivity index is 1.80. The van der Waals surface area contributed by atoms with Gasteiger partial charge in [0.25, 0.3) is 0 Å². The lowest BCUT2D eigenvalue weighted by Crippen LogP contribution is -2.22. The highest BCUT2D eigenvalue weighted by atomic mass is 16.6. The molecule has 0 unspecified atom stereocenters. The van der Waals surface area contributed by atoms with Crippen molar-refractivity contribution in [3.8, 4) is 11.1 Å². The summed E-state index contributed by atoms with van der Waals surface area (Å²) >= 11 is 0. The van der Waals surface area contributed by atoms with Gasteiger partial charge in [0.15, 0.2) is 5.52 Å². The number of aromatic carboxylic acids is 1. The van der Waals surface area contributed by atoms with Gasteiger partial charge < -0.3 is 15.2 Å². The van der Waals surface area contributed by atoms with Gasteiger partial charge in [-0.1, -0.05) is 48.5 Å². The zero-order valence-electron chi connectivity index (χ0n) is 13.0. The summed E-state index contributed by atoms with van der Waals surface area (Å²) in [7, 11) is 0. The van der Waals surface area contributed by atoms with Gasteiger partial charge >= 0.3 is 0 Å². The van der Waals surface area contributed by atoms with Crippen molar-refractivity contribution in [2.24, 2.45) is 0 Å². The molecule has 0 spiro atoms. The molecule has 3 aromatic carbocycles. The van der Waals surface area contributed by atoms with E-state index in [-0.39, 0.29) is 11.1 Å². The first-order valence-corrected chi connectivity index (χ1v) is 7.62. The van der Waals surface area contributed by atoms with Gasteiger partial charge in [0.1, 0.15) is 5.52 Å². The second-order valence-corrected chi connectivity index (χ2v) is 5.45. The third-order valence-corrected chi connectivity index (χ3v) is 3.92. The van der Waals surface area contributed by atoms with Crippen LogP contribution in [0.15, 0.2) is 71.4 Å². The van der Waals surface area contributed by atoms with E-state index in [0.717, 1.165) is 16.8 Å². The summed E-state index contributed by atoms with van der Waals surface area (Å²) in [5.74, 6) is -1.32. The first kappa shape index (κ1) is 14.9. The number of carboxylic acid groups (broad SMARTS) is 1. The summed E-state index contributed by atoms with van der Waals surface area (Å²) in [5.41, 5.74) is 3.97. The summed E-state index contributed by atoms with van der Waals surface area (Å²) in [4.78, 5) is 11.2. The number of nitrogens with zero attached hydrogens (tertiary/aromatic N) is 2. The van der Waals surface area contributed by atoms with Crippen LogP contribution in [-0.4, -0.2) is 16.3 Å². The summed E-state index contributed by atoms with van der Waals surface area (Å²) in [6, 6.07) is 20.8. The van der Waals surface area contributed by atoms with Gasteiger partial charge in [-0.2, -0.15) is 0 Å². The van der Waals surface area contributed by atoms with E-state index in [0.29, 0.717) is 11.2 Å². The number of hydrogen-bond acceptors (Lipinski definition) is 6. The number of benzene rings is 3. The normalized spacial score (nSPS) is 10.7. The van der Waals surface area contributed by atoms with E-state index in [1.54, 1.807) is 6.07 Å². The maximum absolute atomic E-state index is 11.2. The number of carboxylic acids is 1. The maximum Gasteiger partial charge on any atom is 0.159 e. The predicted molar refractivity (Wildman–Crippen MR) is 91.3 cm³/mol. The Hall–Kier alpha value is -3.67. The monoisotopic (exact) mass is 330 g/mol. The van der Waals surface area contributed by atoms with Crippen molar-refractivity contribution in [2.75, 3.05) is 5.32 Å². The second kappa shape index (κ2) is 6.09. The largest absolute Gasteiger partial charge is 0.545 e. The van der Waals surface area contributed by atoms with Gasteiger partial charge in [0.05, 0.1) is 11.7 Å². The predicted octanol–water partition coefficient (Wildman–Crippen LogP) is 3.00. The van der Waals surface area contributed by atoms with Gasteiger partial charge in [-0.25, -0.2) is 4.63 Å². The maximum atomic E-state index is 11.2. The quantitative estimate of drug-likeness (QED) is 0.618. The van der Waals surface area contributed by atoms with Crippen molar-refractivity contribution in [3.05, 3.63) is 72.3 Å². The van der Waals surface area contributed by atoms with Gasteiger partial charge in [-0.3, -0.25) is 0 Å². The Kier molecular flexibility index (Phi) is 3.63. The molecule has 0 fully saturated rings. The van der Waals surface area contributed by atoms with Gasteiger partial charge in [-0.05, 0) is 34.1 Å². The number of carbonyl (C=O) groups excluding carboxylic acids is 1. The molecule has 1 N–H and O–H groups in total. The highest BCUT2D eigenvalue weighted by Gasteiger charge is 2.14. The van der Waals surface area contributed by atoms with Crippen LogP contribution >= 0.6 is 0 Å². The molecule has 4 rings (SSSR count). The van der Waals surface area contributed by atoms with Crippen molar-refractivity contribution in [1.29, 1.82) is 0 Å². The number of rotatable bonds is 4. The molecule has 0 saturated carbocycles. The molecule has 0 aliphatic rings. The number of aromatic nitrogens is 2. The Labute approximate surface area is 142 Å². The van der Waals surface area contributed by atoms with Crippen LogP contribution in [0.4, 0.5) is 11.4 Å². The third-order valence-electron chi connectivity index (χ3n) is 3.92. The molecule has 0 radical (unpaired) electrons. The summed E-state index contributed by atoms with van der Waals surface area (Å²) < 4.78 is 4.72. The molecule has 4 aromatic rings. The van der Waals surface area contributed by atoms with Crippen molar-refractivity contribution >= 4 is 28.4 Å². The van der Waals surface area contributed by atoms with Crippen molar-refractivity contribution < 1.29 is 14.5 Å². The van der Waals surface area contributed by atoms with Crippen molar-refractivity contribution in [1.82, 2.24) is 10.3 Å². The molecule has 0 atom stereocenters. The topological polar surface area (TPSA) is 91.1 Å². The number of para-hydroxylation sites is 1. The fourth-order valence-corrected chi connectivity index (χ4v) is 2.74. The number of hydrogen-bond donors (Lipinski definition) is 1. The summed E-state index contributed by atoms with van der Waals surface area (Å²) in [6.45, 7) is 0. The SMILES string of the molecule is O=C([O-])c1ccc(Nc2ccccc2-c2ccccc2)c2nonc12. The fraction of sp³-hybridized carbons (Fsp3) is 0. The highest BCUT2D eigenvalue weighted by Crippen LogP contribution is 2.32. The van der Waals surface area contributed by atoms with Crippen LogP contribution in [0.3, 0.4) is 0 Å². The Morgan fingerprint density at radius 3 is 2.36 bits per heavy atom. The minimum atomic E-state index is -1.32. The lowest BCUT2D eigenvalue weighted by atomic mass is 10.0. The second-order valence-electron chi connectivity index (χ2n) is 5.45. The van der Waals surface area contributed by atoms with Crippen LogP contribution in [-0.2, 0) is 0 Å². The van der Waals surface area contributed by atoms with Gasteiger partial charge in [-0.15, -0.1) is 0 Å². The zero-order chi connectivity index (χ0) is 17.2. The van der Waals surface area contributed by atoms with Crippen LogP contribution in [0.2, 0.25) is 0 Å². The molecule has 0 aliphatic carbocycles. The summed E-state index contributed by atoms with van der Waals surface area (Å²) in [6.07, 6.45) is 0. The van der Waals surface area contributed by atoms with Crippen molar-refractivity contribution in [3.63, 3.8) is 0 Å². The van der Waals surface area contributed by atoms with E-state index in [9.17, 15) is 9.90 Å². The van der Waals surface area contributed by atoms with E-state index in [4.69, 9.17) is 4.63 Å². The molecular weight excluding hydrogens is 318 g/mol. The number of nitrogens with one attached hydrogen (secondary N) is 1. The van der Waals surface area contributed by atoms with E-state index in [1.165, 1.54) is 6.07 Å². The smallest absolute Gasteiger partial charge is 0.159 e. The molecule has 6 heteroatoms. The number of anilines is 2. The first-order chi connectivity index (χ1) is 12.2. The van der Waals surface area contributed by atoms with Gasteiger partial charge in [0, 0.05) is 16.8 Å². The lowest BCUT2D eigenvalue weighted by molar-refractivity contribution is -0.254. The molecule has 1 aromatic heterocycles. The van der Waals surface area contributed by atoms with E-state index < -0.39 is 5.97 Å². The Morgan fingerprint density at radius 1 is 0.840 bits per heavy atom. The minimum absolute atomic E-state index is 0.0573. The molecule has 0 saturated heterocycles. The van der Waals surface area contributed by atoms with Crippen LogP contribution in [0, 0.1) is 0 Å². The van der Waals surface area contributed by atoms with E-state index >= 15 is 0 Å². The zero-order valence-corrected chi connectivity index (χ0v) is 13.0. The average molecular weight is 330 g/mol.